The van der Waals surface area contributed by atoms with Gasteiger partial charge in [-0.05, 0) is 24.2 Å². The van der Waals surface area contributed by atoms with E-state index in [1.54, 1.807) is 0 Å². The summed E-state index contributed by atoms with van der Waals surface area (Å²) in [7, 11) is 0. The second-order valence-corrected chi connectivity index (χ2v) is 4.35. The first-order chi connectivity index (χ1) is 8.38. The molecule has 2 rings (SSSR count). The van der Waals surface area contributed by atoms with Gasteiger partial charge in [-0.3, -0.25) is 0 Å². The smallest absolute Gasteiger partial charge is 0.119 e. The van der Waals surface area contributed by atoms with E-state index < -0.39 is 0 Å². The fraction of sp³-hybridized carbons (Fsp3) is 0.571. The van der Waals surface area contributed by atoms with E-state index in [1.807, 2.05) is 0 Å². The maximum absolute atomic E-state index is 5.91. The van der Waals surface area contributed by atoms with Gasteiger partial charge in [-0.2, -0.15) is 0 Å². The third-order valence-corrected chi connectivity index (χ3v) is 2.97. The largest absolute Gasteiger partial charge is 0.490 e. The summed E-state index contributed by atoms with van der Waals surface area (Å²) in [5.74, 6) is 0.970. The number of rotatable bonds is 5. The second-order valence-electron chi connectivity index (χ2n) is 4.35. The normalized spacial score (nSPS) is 17.0. The first-order valence-electron chi connectivity index (χ1n) is 6.42. The van der Waals surface area contributed by atoms with E-state index >= 15 is 0 Å². The van der Waals surface area contributed by atoms with Crippen LogP contribution in [0.4, 0.5) is 0 Å². The number of nitrogens with one attached hydrogen (secondary N) is 1. The van der Waals surface area contributed by atoms with Gasteiger partial charge in [0.2, 0.25) is 0 Å². The van der Waals surface area contributed by atoms with Crippen molar-refractivity contribution >= 4 is 0 Å². The lowest BCUT2D eigenvalue weighted by molar-refractivity contribution is 0.0255. The molecule has 1 N–H and O–H groups in total. The van der Waals surface area contributed by atoms with Gasteiger partial charge >= 0.3 is 0 Å². The zero-order chi connectivity index (χ0) is 11.9. The molecule has 1 aliphatic heterocycles. The number of benzene rings is 1. The van der Waals surface area contributed by atoms with Gasteiger partial charge in [0.05, 0.1) is 13.2 Å². The molecule has 1 saturated heterocycles. The molecule has 1 aromatic carbocycles. The van der Waals surface area contributed by atoms with Crippen molar-refractivity contribution in [1.29, 1.82) is 0 Å². The molecule has 0 bridgehead atoms. The standard InChI is InChI=1S/C14H21NO2/c1-2-15-11-12-3-5-13(6-4-12)17-14-7-9-16-10-8-14/h3-6,14-15H,2,7-11H2,1H3. The highest BCUT2D eigenvalue weighted by Crippen LogP contribution is 2.18. The molecule has 3 heteroatoms. The molecule has 1 aliphatic rings. The van der Waals surface area contributed by atoms with E-state index in [-0.39, 0.29) is 0 Å². The monoisotopic (exact) mass is 235 g/mol. The van der Waals surface area contributed by atoms with Crippen LogP contribution in [-0.4, -0.2) is 25.9 Å². The van der Waals surface area contributed by atoms with E-state index in [9.17, 15) is 0 Å². The second kappa shape index (κ2) is 6.62. The topological polar surface area (TPSA) is 30.5 Å². The molecule has 94 valence electrons. The van der Waals surface area contributed by atoms with Crippen LogP contribution in [0.1, 0.15) is 25.3 Å². The Kier molecular flexibility index (Phi) is 4.83. The fourth-order valence-corrected chi connectivity index (χ4v) is 1.94. The Bertz CT molecular complexity index is 317. The maximum atomic E-state index is 5.91. The lowest BCUT2D eigenvalue weighted by atomic mass is 10.1. The van der Waals surface area contributed by atoms with Crippen LogP contribution in [0.2, 0.25) is 0 Å². The van der Waals surface area contributed by atoms with E-state index in [0.717, 1.165) is 44.9 Å². The number of ether oxygens (including phenoxy) is 2. The van der Waals surface area contributed by atoms with Gasteiger partial charge in [-0.15, -0.1) is 0 Å². The Morgan fingerprint density at radius 2 is 1.94 bits per heavy atom. The zero-order valence-corrected chi connectivity index (χ0v) is 10.4. The summed E-state index contributed by atoms with van der Waals surface area (Å²) < 4.78 is 11.2. The Labute approximate surface area is 103 Å². The van der Waals surface area contributed by atoms with Crippen molar-refractivity contribution in [3.05, 3.63) is 29.8 Å². The van der Waals surface area contributed by atoms with Gasteiger partial charge in [0.1, 0.15) is 11.9 Å². The lowest BCUT2D eigenvalue weighted by Gasteiger charge is -2.23. The first kappa shape index (κ1) is 12.4. The molecule has 0 aromatic heterocycles. The maximum Gasteiger partial charge on any atom is 0.119 e. The minimum absolute atomic E-state index is 0.323. The Hall–Kier alpha value is -1.06. The van der Waals surface area contributed by atoms with Crippen molar-refractivity contribution in [2.75, 3.05) is 19.8 Å². The van der Waals surface area contributed by atoms with Crippen molar-refractivity contribution in [3.63, 3.8) is 0 Å². The van der Waals surface area contributed by atoms with Crippen molar-refractivity contribution in [2.24, 2.45) is 0 Å². The van der Waals surface area contributed by atoms with Crippen LogP contribution < -0.4 is 10.1 Å². The summed E-state index contributed by atoms with van der Waals surface area (Å²) in [4.78, 5) is 0. The summed E-state index contributed by atoms with van der Waals surface area (Å²) in [6.07, 6.45) is 2.32. The van der Waals surface area contributed by atoms with Gasteiger partial charge in [-0.25, -0.2) is 0 Å². The molecule has 0 saturated carbocycles. The van der Waals surface area contributed by atoms with E-state index in [0.29, 0.717) is 6.10 Å². The summed E-state index contributed by atoms with van der Waals surface area (Å²) in [5, 5.41) is 3.31. The third kappa shape index (κ3) is 4.02. The van der Waals surface area contributed by atoms with Crippen LogP contribution in [0.3, 0.4) is 0 Å². The molecule has 0 unspecified atom stereocenters. The van der Waals surface area contributed by atoms with Gasteiger partial charge in [-0.1, -0.05) is 19.1 Å². The highest BCUT2D eigenvalue weighted by Gasteiger charge is 2.14. The van der Waals surface area contributed by atoms with Gasteiger partial charge < -0.3 is 14.8 Å². The van der Waals surface area contributed by atoms with E-state index in [4.69, 9.17) is 9.47 Å². The minimum atomic E-state index is 0.323. The molecule has 0 atom stereocenters. The van der Waals surface area contributed by atoms with Gasteiger partial charge in [0, 0.05) is 19.4 Å². The molecule has 17 heavy (non-hydrogen) atoms. The summed E-state index contributed by atoms with van der Waals surface area (Å²) >= 11 is 0. The summed E-state index contributed by atoms with van der Waals surface area (Å²) in [6, 6.07) is 8.36. The average molecular weight is 235 g/mol. The molecule has 3 nitrogen and oxygen atoms in total. The molecule has 1 aromatic rings. The Balaban J connectivity index is 1.84. The highest BCUT2D eigenvalue weighted by molar-refractivity contribution is 5.27. The molecule has 1 heterocycles. The Morgan fingerprint density at radius 1 is 1.24 bits per heavy atom. The summed E-state index contributed by atoms with van der Waals surface area (Å²) in [5.41, 5.74) is 1.30. The zero-order valence-electron chi connectivity index (χ0n) is 10.4. The fourth-order valence-electron chi connectivity index (χ4n) is 1.94. The van der Waals surface area contributed by atoms with Crippen LogP contribution in [-0.2, 0) is 11.3 Å². The van der Waals surface area contributed by atoms with Crippen molar-refractivity contribution in [3.8, 4) is 5.75 Å². The van der Waals surface area contributed by atoms with Crippen molar-refractivity contribution in [1.82, 2.24) is 5.32 Å². The summed E-state index contributed by atoms with van der Waals surface area (Å²) in [6.45, 7) is 5.68. The molecule has 0 spiro atoms. The molecule has 1 fully saturated rings. The van der Waals surface area contributed by atoms with Crippen LogP contribution in [0.5, 0.6) is 5.75 Å². The van der Waals surface area contributed by atoms with Crippen molar-refractivity contribution in [2.45, 2.75) is 32.4 Å². The molecule has 0 aliphatic carbocycles. The molecule has 0 amide bonds. The van der Waals surface area contributed by atoms with Crippen LogP contribution in [0.25, 0.3) is 0 Å². The third-order valence-electron chi connectivity index (χ3n) is 2.97. The predicted molar refractivity (Wildman–Crippen MR) is 68.3 cm³/mol. The van der Waals surface area contributed by atoms with Crippen LogP contribution in [0, 0.1) is 0 Å². The lowest BCUT2D eigenvalue weighted by Crippen LogP contribution is -2.25. The van der Waals surface area contributed by atoms with Crippen molar-refractivity contribution < 1.29 is 9.47 Å². The average Bonchev–Trinajstić information content (AvgIpc) is 2.39. The SMILES string of the molecule is CCNCc1ccc(OC2CCOCC2)cc1. The predicted octanol–water partition coefficient (Wildman–Crippen LogP) is 2.35. The molecular formula is C14H21NO2. The molecule has 0 radical (unpaired) electrons. The number of hydrogen-bond donors (Lipinski definition) is 1. The Morgan fingerprint density at radius 3 is 2.59 bits per heavy atom. The van der Waals surface area contributed by atoms with E-state index in [1.165, 1.54) is 5.56 Å². The number of hydrogen-bond acceptors (Lipinski definition) is 3. The minimum Gasteiger partial charge on any atom is -0.490 e. The van der Waals surface area contributed by atoms with Crippen LogP contribution >= 0.6 is 0 Å². The highest BCUT2D eigenvalue weighted by atomic mass is 16.5. The van der Waals surface area contributed by atoms with Crippen LogP contribution in [0.15, 0.2) is 24.3 Å². The van der Waals surface area contributed by atoms with Gasteiger partial charge in [0.25, 0.3) is 0 Å². The van der Waals surface area contributed by atoms with Gasteiger partial charge in [0.15, 0.2) is 0 Å². The van der Waals surface area contributed by atoms with E-state index in [2.05, 4.69) is 36.5 Å². The molecular weight excluding hydrogens is 214 g/mol. The quantitative estimate of drug-likeness (QED) is 0.850. The first-order valence-corrected chi connectivity index (χ1v) is 6.42.